The van der Waals surface area contributed by atoms with Gasteiger partial charge in [0, 0.05) is 12.2 Å². The molecular formula is C7H8O6. The molecule has 5 N–H and O–H groups in total. The van der Waals surface area contributed by atoms with Gasteiger partial charge in [-0.2, -0.15) is 0 Å². The van der Waals surface area contributed by atoms with Crippen molar-refractivity contribution < 1.29 is 30.3 Å². The Labute approximate surface area is 72.7 Å². The minimum atomic E-state index is -2.77. The van der Waals surface area contributed by atoms with Crippen LogP contribution in [0.15, 0.2) is 23.7 Å². The van der Waals surface area contributed by atoms with Crippen LogP contribution in [0.3, 0.4) is 0 Å². The summed E-state index contributed by atoms with van der Waals surface area (Å²) in [6, 6.07) is 0. The van der Waals surface area contributed by atoms with E-state index in [0.29, 0.717) is 6.08 Å². The van der Waals surface area contributed by atoms with E-state index in [9.17, 15) is 4.79 Å². The second-order valence-corrected chi connectivity index (χ2v) is 2.69. The molecule has 1 aliphatic carbocycles. The standard InChI is InChI=1S/C7H8O6/c8-3-1-4(9)5(6(10)11)7(12,13)2-3/h1-2,5,8-9,12-13H,(H,10,11). The van der Waals surface area contributed by atoms with Crippen LogP contribution in [0.25, 0.3) is 0 Å². The molecule has 1 rings (SSSR count). The van der Waals surface area contributed by atoms with Gasteiger partial charge in [0.15, 0.2) is 5.92 Å². The zero-order valence-corrected chi connectivity index (χ0v) is 6.38. The molecule has 0 saturated heterocycles. The number of hydrogen-bond acceptors (Lipinski definition) is 5. The molecule has 0 aromatic carbocycles. The lowest BCUT2D eigenvalue weighted by Gasteiger charge is -2.27. The minimum absolute atomic E-state index is 0.533. The molecule has 0 aromatic rings. The average Bonchev–Trinajstić information content (AvgIpc) is 1.78. The summed E-state index contributed by atoms with van der Waals surface area (Å²) in [4.78, 5) is 10.5. The first kappa shape index (κ1) is 9.56. The van der Waals surface area contributed by atoms with Crippen LogP contribution in [0.4, 0.5) is 0 Å². The highest BCUT2D eigenvalue weighted by Crippen LogP contribution is 2.28. The second-order valence-electron chi connectivity index (χ2n) is 2.69. The Hall–Kier alpha value is -1.53. The Kier molecular flexibility index (Phi) is 2.02. The maximum absolute atomic E-state index is 10.5. The Morgan fingerprint density at radius 2 is 1.92 bits per heavy atom. The van der Waals surface area contributed by atoms with Gasteiger partial charge in [-0.1, -0.05) is 0 Å². The molecule has 0 aliphatic heterocycles. The largest absolute Gasteiger partial charge is 0.511 e. The van der Waals surface area contributed by atoms with E-state index in [1.54, 1.807) is 0 Å². The van der Waals surface area contributed by atoms with E-state index in [4.69, 9.17) is 25.5 Å². The average molecular weight is 188 g/mol. The topological polar surface area (TPSA) is 118 Å². The highest BCUT2D eigenvalue weighted by molar-refractivity contribution is 5.75. The van der Waals surface area contributed by atoms with Gasteiger partial charge in [0.1, 0.15) is 11.5 Å². The van der Waals surface area contributed by atoms with Crippen LogP contribution in [0.2, 0.25) is 0 Å². The Morgan fingerprint density at radius 1 is 1.38 bits per heavy atom. The zero-order valence-electron chi connectivity index (χ0n) is 6.38. The molecule has 6 nitrogen and oxygen atoms in total. The summed E-state index contributed by atoms with van der Waals surface area (Å²) >= 11 is 0. The molecule has 1 unspecified atom stereocenters. The van der Waals surface area contributed by atoms with Gasteiger partial charge in [-0.15, -0.1) is 0 Å². The lowest BCUT2D eigenvalue weighted by atomic mass is 9.91. The van der Waals surface area contributed by atoms with Crippen molar-refractivity contribution in [3.63, 3.8) is 0 Å². The van der Waals surface area contributed by atoms with Crippen molar-refractivity contribution in [3.8, 4) is 0 Å². The van der Waals surface area contributed by atoms with E-state index < -0.39 is 29.2 Å². The summed E-state index contributed by atoms with van der Waals surface area (Å²) in [5.41, 5.74) is 0. The molecule has 0 saturated carbocycles. The molecule has 0 radical (unpaired) electrons. The van der Waals surface area contributed by atoms with E-state index in [2.05, 4.69) is 0 Å². The third-order valence-corrected chi connectivity index (χ3v) is 1.62. The summed E-state index contributed by atoms with van der Waals surface area (Å²) in [5.74, 6) is -7.64. The number of rotatable bonds is 1. The molecule has 0 heterocycles. The van der Waals surface area contributed by atoms with Crippen LogP contribution in [-0.2, 0) is 4.79 Å². The fraction of sp³-hybridized carbons (Fsp3) is 0.286. The van der Waals surface area contributed by atoms with Crippen molar-refractivity contribution in [1.29, 1.82) is 0 Å². The third-order valence-electron chi connectivity index (χ3n) is 1.62. The van der Waals surface area contributed by atoms with Gasteiger partial charge in [0.25, 0.3) is 0 Å². The maximum atomic E-state index is 10.5. The first-order valence-electron chi connectivity index (χ1n) is 3.34. The van der Waals surface area contributed by atoms with Crippen molar-refractivity contribution in [2.24, 2.45) is 5.92 Å². The fourth-order valence-corrected chi connectivity index (χ4v) is 1.10. The summed E-state index contributed by atoms with van der Waals surface area (Å²) in [6.07, 6.45) is 1.27. The Morgan fingerprint density at radius 3 is 2.31 bits per heavy atom. The van der Waals surface area contributed by atoms with E-state index in [-0.39, 0.29) is 0 Å². The van der Waals surface area contributed by atoms with Gasteiger partial charge in [-0.25, -0.2) is 0 Å². The molecule has 1 aliphatic rings. The molecule has 0 bridgehead atoms. The zero-order chi connectivity index (χ0) is 10.2. The molecule has 0 fully saturated rings. The van der Waals surface area contributed by atoms with Gasteiger partial charge in [0.2, 0.25) is 5.79 Å². The highest BCUT2D eigenvalue weighted by Gasteiger charge is 2.44. The predicted octanol–water partition coefficient (Wildman–Crippen LogP) is -0.734. The van der Waals surface area contributed by atoms with Crippen LogP contribution in [0, 0.1) is 5.92 Å². The molecule has 1 atom stereocenters. The van der Waals surface area contributed by atoms with Crippen molar-refractivity contribution >= 4 is 5.97 Å². The van der Waals surface area contributed by atoms with Crippen LogP contribution in [0.1, 0.15) is 0 Å². The summed E-state index contributed by atoms with van der Waals surface area (Å²) in [5, 5.41) is 44.5. The number of carboxylic acids is 1. The first-order chi connectivity index (χ1) is 5.84. The Balaban J connectivity index is 3.12. The second kappa shape index (κ2) is 2.75. The summed E-state index contributed by atoms with van der Waals surface area (Å²) in [7, 11) is 0. The smallest absolute Gasteiger partial charge is 0.320 e. The molecule has 72 valence electrons. The fourth-order valence-electron chi connectivity index (χ4n) is 1.10. The molecule has 13 heavy (non-hydrogen) atoms. The molecule has 6 heteroatoms. The minimum Gasteiger partial charge on any atom is -0.511 e. The number of aliphatic carboxylic acids is 1. The SMILES string of the molecule is O=C(O)C1C(O)=CC(O)=CC1(O)O. The van der Waals surface area contributed by atoms with Gasteiger partial charge >= 0.3 is 5.97 Å². The number of aliphatic hydroxyl groups excluding tert-OH is 2. The van der Waals surface area contributed by atoms with Crippen molar-refractivity contribution in [3.05, 3.63) is 23.7 Å². The number of hydrogen-bond donors (Lipinski definition) is 5. The summed E-state index contributed by atoms with van der Waals surface area (Å²) in [6.45, 7) is 0. The Bertz CT molecular complexity index is 300. The van der Waals surface area contributed by atoms with Crippen molar-refractivity contribution in [1.82, 2.24) is 0 Å². The van der Waals surface area contributed by atoms with Crippen LogP contribution >= 0.6 is 0 Å². The van der Waals surface area contributed by atoms with Gasteiger partial charge < -0.3 is 25.5 Å². The molecule has 0 aromatic heterocycles. The predicted molar refractivity (Wildman–Crippen MR) is 39.7 cm³/mol. The van der Waals surface area contributed by atoms with Crippen molar-refractivity contribution in [2.45, 2.75) is 5.79 Å². The monoisotopic (exact) mass is 188 g/mol. The first-order valence-corrected chi connectivity index (χ1v) is 3.34. The molecule has 0 spiro atoms. The van der Waals surface area contributed by atoms with E-state index >= 15 is 0 Å². The van der Waals surface area contributed by atoms with Gasteiger partial charge in [-0.05, 0) is 0 Å². The number of carboxylic acid groups (broad SMARTS) is 1. The van der Waals surface area contributed by atoms with Crippen LogP contribution < -0.4 is 0 Å². The summed E-state index contributed by atoms with van der Waals surface area (Å²) < 4.78 is 0. The van der Waals surface area contributed by atoms with E-state index in [1.807, 2.05) is 0 Å². The number of aliphatic hydroxyl groups is 4. The number of allylic oxidation sites excluding steroid dienone is 1. The van der Waals surface area contributed by atoms with E-state index in [0.717, 1.165) is 6.08 Å². The number of carbonyl (C=O) groups is 1. The third kappa shape index (κ3) is 1.63. The van der Waals surface area contributed by atoms with Crippen LogP contribution in [-0.4, -0.2) is 37.3 Å². The molecule has 0 amide bonds. The van der Waals surface area contributed by atoms with Gasteiger partial charge in [0.05, 0.1) is 0 Å². The van der Waals surface area contributed by atoms with E-state index in [1.165, 1.54) is 0 Å². The normalized spacial score (nSPS) is 26.2. The van der Waals surface area contributed by atoms with Gasteiger partial charge in [-0.3, -0.25) is 4.79 Å². The lowest BCUT2D eigenvalue weighted by molar-refractivity contribution is -0.183. The molecular weight excluding hydrogens is 180 g/mol. The van der Waals surface area contributed by atoms with Crippen LogP contribution in [0.5, 0.6) is 0 Å². The quantitative estimate of drug-likeness (QED) is 0.346. The maximum Gasteiger partial charge on any atom is 0.320 e. The van der Waals surface area contributed by atoms with Crippen molar-refractivity contribution in [2.75, 3.05) is 0 Å². The lowest BCUT2D eigenvalue weighted by Crippen LogP contribution is -2.43. The highest BCUT2D eigenvalue weighted by atomic mass is 16.5.